The van der Waals surface area contributed by atoms with Gasteiger partial charge in [0.2, 0.25) is 0 Å². The Morgan fingerprint density at radius 3 is 1.60 bits per heavy atom. The molecule has 1 saturated carbocycles. The minimum Gasteiger partial charge on any atom is -0.330 e. The smallest absolute Gasteiger partial charge is 0.00766 e. The second kappa shape index (κ2) is 21.1. The van der Waals surface area contributed by atoms with E-state index in [0.717, 1.165) is 32.7 Å². The Morgan fingerprint density at radius 2 is 1.40 bits per heavy atom. The van der Waals surface area contributed by atoms with E-state index in [-0.39, 0.29) is 0 Å². The Kier molecular flexibility index (Phi) is 23.4. The quantitative estimate of drug-likeness (QED) is 0.542. The molecule has 1 aliphatic rings. The van der Waals surface area contributed by atoms with Crippen molar-refractivity contribution in [3.8, 4) is 0 Å². The maximum absolute atomic E-state index is 5.63. The molecule has 0 aromatic rings. The van der Waals surface area contributed by atoms with Crippen LogP contribution in [-0.2, 0) is 0 Å². The van der Waals surface area contributed by atoms with Crippen molar-refractivity contribution in [2.75, 3.05) is 32.7 Å². The first kappa shape index (κ1) is 22.1. The summed E-state index contributed by atoms with van der Waals surface area (Å²) in [7, 11) is 0. The van der Waals surface area contributed by atoms with Crippen molar-refractivity contribution in [3.63, 3.8) is 0 Å². The molecule has 0 saturated heterocycles. The van der Waals surface area contributed by atoms with Gasteiger partial charge in [-0.25, -0.2) is 0 Å². The molecule has 0 aliphatic heterocycles. The first-order valence-electron chi connectivity index (χ1n) is 8.59. The number of hydrogen-bond donors (Lipinski definition) is 4. The lowest BCUT2D eigenvalue weighted by atomic mass is 9.97. The van der Waals surface area contributed by atoms with Crippen molar-refractivity contribution < 1.29 is 0 Å². The normalized spacial score (nSPS) is 14.8. The minimum absolute atomic E-state index is 0.536. The second-order valence-electron chi connectivity index (χ2n) is 5.25. The SMILES string of the molecule is CCCCN.CCNCCNCC.NC1CCCCC1. The third-order valence-electron chi connectivity index (χ3n) is 3.19. The highest BCUT2D eigenvalue weighted by molar-refractivity contribution is 4.66. The van der Waals surface area contributed by atoms with Gasteiger partial charge in [0.25, 0.3) is 0 Å². The van der Waals surface area contributed by atoms with E-state index in [1.807, 2.05) is 0 Å². The Labute approximate surface area is 127 Å². The number of nitrogens with two attached hydrogens (primary N) is 2. The van der Waals surface area contributed by atoms with Crippen LogP contribution in [0.4, 0.5) is 0 Å². The molecule has 0 radical (unpaired) electrons. The fourth-order valence-corrected chi connectivity index (χ4v) is 1.87. The highest BCUT2D eigenvalue weighted by Crippen LogP contribution is 2.14. The van der Waals surface area contributed by atoms with Crippen LogP contribution in [0, 0.1) is 0 Å². The third-order valence-corrected chi connectivity index (χ3v) is 3.19. The molecule has 0 bridgehead atoms. The largest absolute Gasteiger partial charge is 0.330 e. The number of nitrogens with one attached hydrogen (secondary N) is 2. The van der Waals surface area contributed by atoms with Crippen molar-refractivity contribution in [3.05, 3.63) is 0 Å². The van der Waals surface area contributed by atoms with Crippen molar-refractivity contribution in [1.82, 2.24) is 10.6 Å². The van der Waals surface area contributed by atoms with E-state index in [9.17, 15) is 0 Å². The van der Waals surface area contributed by atoms with Gasteiger partial charge in [0.15, 0.2) is 0 Å². The van der Waals surface area contributed by atoms with Crippen LogP contribution in [-0.4, -0.2) is 38.8 Å². The fourth-order valence-electron chi connectivity index (χ4n) is 1.87. The molecule has 0 atom stereocenters. The number of likely N-dealkylation sites (N-methyl/N-ethyl adjacent to an activating group) is 2. The summed E-state index contributed by atoms with van der Waals surface area (Å²) >= 11 is 0. The second-order valence-corrected chi connectivity index (χ2v) is 5.25. The Balaban J connectivity index is 0. The highest BCUT2D eigenvalue weighted by Gasteiger charge is 2.06. The summed E-state index contributed by atoms with van der Waals surface area (Å²) in [5.41, 5.74) is 10.8. The number of hydrogen-bond acceptors (Lipinski definition) is 4. The molecule has 0 amide bonds. The zero-order valence-electron chi connectivity index (χ0n) is 14.2. The van der Waals surface area contributed by atoms with E-state index in [1.54, 1.807) is 0 Å². The van der Waals surface area contributed by atoms with Crippen LogP contribution in [0.2, 0.25) is 0 Å². The molecular formula is C16H40N4. The zero-order chi connectivity index (χ0) is 15.5. The van der Waals surface area contributed by atoms with Gasteiger partial charge in [0, 0.05) is 19.1 Å². The molecule has 4 heteroatoms. The Hall–Kier alpha value is -0.160. The van der Waals surface area contributed by atoms with Crippen LogP contribution in [0.3, 0.4) is 0 Å². The molecule has 1 aliphatic carbocycles. The van der Waals surface area contributed by atoms with Crippen LogP contribution in [0.5, 0.6) is 0 Å². The van der Waals surface area contributed by atoms with Gasteiger partial charge in [-0.05, 0) is 38.9 Å². The standard InChI is InChI=1S/C6H16N2.C6H13N.C4H11N/c1-3-7-5-6-8-4-2;7-6-4-2-1-3-5-6;1-2-3-4-5/h7-8H,3-6H2,1-2H3;6H,1-5,7H2;2-5H2,1H3. The molecule has 20 heavy (non-hydrogen) atoms. The van der Waals surface area contributed by atoms with Crippen molar-refractivity contribution in [2.24, 2.45) is 11.5 Å². The van der Waals surface area contributed by atoms with E-state index in [0.29, 0.717) is 6.04 Å². The molecule has 0 unspecified atom stereocenters. The lowest BCUT2D eigenvalue weighted by Crippen LogP contribution is -2.26. The number of unbranched alkanes of at least 4 members (excludes halogenated alkanes) is 1. The van der Waals surface area contributed by atoms with Crippen LogP contribution in [0.1, 0.15) is 65.7 Å². The summed E-state index contributed by atoms with van der Waals surface area (Å²) in [5, 5.41) is 6.44. The van der Waals surface area contributed by atoms with Gasteiger partial charge in [0.05, 0.1) is 0 Å². The van der Waals surface area contributed by atoms with Gasteiger partial charge in [-0.1, -0.05) is 46.5 Å². The fraction of sp³-hybridized carbons (Fsp3) is 1.00. The van der Waals surface area contributed by atoms with Crippen molar-refractivity contribution in [2.45, 2.75) is 71.8 Å². The average Bonchev–Trinajstić information content (AvgIpc) is 2.47. The molecule has 1 rings (SSSR count). The summed E-state index contributed by atoms with van der Waals surface area (Å²) in [6.07, 6.45) is 9.05. The molecule has 124 valence electrons. The monoisotopic (exact) mass is 288 g/mol. The summed E-state index contributed by atoms with van der Waals surface area (Å²) in [4.78, 5) is 0. The van der Waals surface area contributed by atoms with Crippen LogP contribution < -0.4 is 22.1 Å². The summed E-state index contributed by atoms with van der Waals surface area (Å²) in [6, 6.07) is 0.536. The van der Waals surface area contributed by atoms with Gasteiger partial charge >= 0.3 is 0 Å². The van der Waals surface area contributed by atoms with Crippen LogP contribution in [0.15, 0.2) is 0 Å². The molecule has 1 fully saturated rings. The summed E-state index contributed by atoms with van der Waals surface area (Å²) < 4.78 is 0. The number of rotatable bonds is 7. The van der Waals surface area contributed by atoms with Crippen LogP contribution >= 0.6 is 0 Å². The van der Waals surface area contributed by atoms with E-state index in [2.05, 4.69) is 31.4 Å². The summed E-state index contributed by atoms with van der Waals surface area (Å²) in [5.74, 6) is 0. The van der Waals surface area contributed by atoms with E-state index >= 15 is 0 Å². The van der Waals surface area contributed by atoms with Gasteiger partial charge in [-0.2, -0.15) is 0 Å². The maximum Gasteiger partial charge on any atom is 0.00766 e. The first-order valence-corrected chi connectivity index (χ1v) is 8.59. The minimum atomic E-state index is 0.536. The molecule has 0 aromatic heterocycles. The molecule has 0 spiro atoms. The summed E-state index contributed by atoms with van der Waals surface area (Å²) in [6.45, 7) is 11.5. The molecular weight excluding hydrogens is 248 g/mol. The van der Waals surface area contributed by atoms with Gasteiger partial charge in [0.1, 0.15) is 0 Å². The lowest BCUT2D eigenvalue weighted by Gasteiger charge is -2.15. The maximum atomic E-state index is 5.63. The molecule has 0 aromatic carbocycles. The third kappa shape index (κ3) is 23.0. The van der Waals surface area contributed by atoms with E-state index < -0.39 is 0 Å². The Bertz CT molecular complexity index is 139. The average molecular weight is 289 g/mol. The van der Waals surface area contributed by atoms with Crippen molar-refractivity contribution in [1.29, 1.82) is 0 Å². The van der Waals surface area contributed by atoms with Gasteiger partial charge < -0.3 is 22.1 Å². The Morgan fingerprint density at radius 1 is 0.900 bits per heavy atom. The van der Waals surface area contributed by atoms with E-state index in [1.165, 1.54) is 44.9 Å². The molecule has 4 nitrogen and oxygen atoms in total. The van der Waals surface area contributed by atoms with Crippen LogP contribution in [0.25, 0.3) is 0 Å². The first-order chi connectivity index (χ1) is 9.72. The van der Waals surface area contributed by atoms with E-state index in [4.69, 9.17) is 11.5 Å². The topological polar surface area (TPSA) is 76.1 Å². The molecule has 6 N–H and O–H groups in total. The predicted molar refractivity (Wildman–Crippen MR) is 92.1 cm³/mol. The van der Waals surface area contributed by atoms with Gasteiger partial charge in [-0.3, -0.25) is 0 Å². The van der Waals surface area contributed by atoms with Gasteiger partial charge in [-0.15, -0.1) is 0 Å². The molecule has 0 heterocycles. The van der Waals surface area contributed by atoms with Crippen molar-refractivity contribution >= 4 is 0 Å². The highest BCUT2D eigenvalue weighted by atomic mass is 14.9. The predicted octanol–water partition coefficient (Wildman–Crippen LogP) is 2.23. The lowest BCUT2D eigenvalue weighted by molar-refractivity contribution is 0.441. The zero-order valence-corrected chi connectivity index (χ0v) is 14.2.